The largest absolute Gasteiger partial charge is 0.495 e. The average Bonchev–Trinajstić information content (AvgIpc) is 2.69. The van der Waals surface area contributed by atoms with E-state index in [0.29, 0.717) is 39.3 Å². The number of carbonyl (C=O) groups is 1. The van der Waals surface area contributed by atoms with E-state index in [2.05, 4.69) is 10.3 Å². The predicted molar refractivity (Wildman–Crippen MR) is 116 cm³/mol. The van der Waals surface area contributed by atoms with Crippen LogP contribution in [-0.4, -0.2) is 35.3 Å². The summed E-state index contributed by atoms with van der Waals surface area (Å²) in [4.78, 5) is 29.0. The van der Waals surface area contributed by atoms with Gasteiger partial charge in [-0.15, -0.1) is 11.8 Å². The number of amides is 1. The van der Waals surface area contributed by atoms with Crippen molar-refractivity contribution in [3.8, 4) is 11.5 Å². The first-order valence-corrected chi connectivity index (χ1v) is 10.2. The van der Waals surface area contributed by atoms with E-state index >= 15 is 0 Å². The molecular weight excluding hydrogens is 414 g/mol. The molecule has 0 atom stereocenters. The Morgan fingerprint density at radius 3 is 2.69 bits per heavy atom. The van der Waals surface area contributed by atoms with Gasteiger partial charge in [-0.1, -0.05) is 17.7 Å². The number of benzene rings is 1. The number of nitrogens with one attached hydrogen (secondary N) is 1. The van der Waals surface area contributed by atoms with Gasteiger partial charge in [0.25, 0.3) is 5.56 Å². The van der Waals surface area contributed by atoms with Crippen molar-refractivity contribution in [2.24, 2.45) is 0 Å². The number of methoxy groups -OCH3 is 2. The molecule has 0 saturated carbocycles. The third kappa shape index (κ3) is 5.02. The van der Waals surface area contributed by atoms with Crippen LogP contribution in [0.2, 0.25) is 5.02 Å². The molecule has 0 unspecified atom stereocenters. The summed E-state index contributed by atoms with van der Waals surface area (Å²) >= 11 is 7.48. The maximum Gasteiger partial charge on any atom is 0.258 e. The Bertz CT molecular complexity index is 1120. The van der Waals surface area contributed by atoms with E-state index in [4.69, 9.17) is 21.1 Å². The molecule has 152 valence electrons. The molecule has 1 aromatic carbocycles. The highest BCUT2D eigenvalue weighted by atomic mass is 35.5. The second-order valence-corrected chi connectivity index (χ2v) is 7.64. The quantitative estimate of drug-likeness (QED) is 0.613. The van der Waals surface area contributed by atoms with E-state index in [1.54, 1.807) is 24.4 Å². The number of hydrogen-bond donors (Lipinski definition) is 1. The standard InChI is InChI=1S/C20H20ClN3O4S/c1-12-4-5-18-22-13(6-20(26)24(18)9-12)10-29-11-19(25)23-15-7-14(21)16(27-2)8-17(15)28-3/h4-9H,10-11H2,1-3H3,(H,23,25). The zero-order chi connectivity index (χ0) is 21.0. The Labute approximate surface area is 177 Å². The predicted octanol–water partition coefficient (Wildman–Crippen LogP) is 3.55. The molecule has 0 aliphatic heterocycles. The summed E-state index contributed by atoms with van der Waals surface area (Å²) in [5.41, 5.74) is 2.51. The van der Waals surface area contributed by atoms with Crippen LogP contribution in [0.1, 0.15) is 11.3 Å². The van der Waals surface area contributed by atoms with Crippen molar-refractivity contribution in [3.05, 3.63) is 63.2 Å². The number of ether oxygens (including phenoxy) is 2. The summed E-state index contributed by atoms with van der Waals surface area (Å²) in [6.07, 6.45) is 1.75. The molecule has 29 heavy (non-hydrogen) atoms. The summed E-state index contributed by atoms with van der Waals surface area (Å²) in [7, 11) is 3.00. The van der Waals surface area contributed by atoms with Gasteiger partial charge in [0.1, 0.15) is 17.1 Å². The number of hydrogen-bond acceptors (Lipinski definition) is 6. The fourth-order valence-electron chi connectivity index (χ4n) is 2.72. The van der Waals surface area contributed by atoms with Crippen LogP contribution >= 0.6 is 23.4 Å². The Morgan fingerprint density at radius 2 is 1.97 bits per heavy atom. The minimum absolute atomic E-state index is 0.142. The van der Waals surface area contributed by atoms with Gasteiger partial charge in [-0.05, 0) is 24.6 Å². The van der Waals surface area contributed by atoms with Crippen LogP contribution in [0, 0.1) is 6.92 Å². The molecule has 1 amide bonds. The van der Waals surface area contributed by atoms with E-state index in [1.165, 1.54) is 36.4 Å². The van der Waals surface area contributed by atoms with Gasteiger partial charge in [0, 0.05) is 24.1 Å². The Morgan fingerprint density at radius 1 is 1.21 bits per heavy atom. The maximum atomic E-state index is 12.3. The number of halogens is 1. The number of aromatic nitrogens is 2. The maximum absolute atomic E-state index is 12.3. The zero-order valence-corrected chi connectivity index (χ0v) is 17.8. The molecule has 1 N–H and O–H groups in total. The van der Waals surface area contributed by atoms with Crippen molar-refractivity contribution >= 4 is 40.6 Å². The van der Waals surface area contributed by atoms with E-state index in [9.17, 15) is 9.59 Å². The number of rotatable bonds is 7. The van der Waals surface area contributed by atoms with E-state index in [-0.39, 0.29) is 17.2 Å². The molecule has 0 saturated heterocycles. The summed E-state index contributed by atoms with van der Waals surface area (Å²) < 4.78 is 11.9. The fraction of sp³-hybridized carbons (Fsp3) is 0.250. The topological polar surface area (TPSA) is 81.9 Å². The monoisotopic (exact) mass is 433 g/mol. The second-order valence-electron chi connectivity index (χ2n) is 6.25. The van der Waals surface area contributed by atoms with E-state index in [0.717, 1.165) is 5.56 Å². The molecule has 9 heteroatoms. The van der Waals surface area contributed by atoms with Crippen molar-refractivity contribution in [1.29, 1.82) is 0 Å². The molecule has 3 rings (SSSR count). The first-order chi connectivity index (χ1) is 13.9. The molecule has 0 aliphatic rings. The lowest BCUT2D eigenvalue weighted by Gasteiger charge is -2.13. The smallest absolute Gasteiger partial charge is 0.258 e. The van der Waals surface area contributed by atoms with Gasteiger partial charge in [0.15, 0.2) is 0 Å². The lowest BCUT2D eigenvalue weighted by Crippen LogP contribution is -2.17. The van der Waals surface area contributed by atoms with Crippen molar-refractivity contribution < 1.29 is 14.3 Å². The van der Waals surface area contributed by atoms with Crippen LogP contribution in [0.3, 0.4) is 0 Å². The molecule has 2 aromatic heterocycles. The van der Waals surface area contributed by atoms with Crippen LogP contribution in [0.4, 0.5) is 5.69 Å². The van der Waals surface area contributed by atoms with Crippen LogP contribution in [0.5, 0.6) is 11.5 Å². The number of fused-ring (bicyclic) bond motifs is 1. The van der Waals surface area contributed by atoms with E-state index < -0.39 is 0 Å². The first kappa shape index (κ1) is 21.0. The fourth-order valence-corrected chi connectivity index (χ4v) is 3.68. The van der Waals surface area contributed by atoms with Crippen LogP contribution in [0.15, 0.2) is 41.3 Å². The van der Waals surface area contributed by atoms with Crippen LogP contribution in [-0.2, 0) is 10.5 Å². The highest BCUT2D eigenvalue weighted by molar-refractivity contribution is 7.99. The molecule has 0 radical (unpaired) electrons. The van der Waals surface area contributed by atoms with Crippen molar-refractivity contribution in [1.82, 2.24) is 9.38 Å². The molecule has 7 nitrogen and oxygen atoms in total. The lowest BCUT2D eigenvalue weighted by atomic mass is 10.2. The number of anilines is 1. The van der Waals surface area contributed by atoms with Gasteiger partial charge in [0.2, 0.25) is 5.91 Å². The first-order valence-electron chi connectivity index (χ1n) is 8.69. The SMILES string of the molecule is COc1cc(OC)c(NC(=O)CSCc2cc(=O)n3cc(C)ccc3n2)cc1Cl. The molecule has 0 fully saturated rings. The molecule has 0 aliphatic carbocycles. The number of pyridine rings is 1. The molecular formula is C20H20ClN3O4S. The highest BCUT2D eigenvalue weighted by Crippen LogP contribution is 2.35. The van der Waals surface area contributed by atoms with Gasteiger partial charge < -0.3 is 14.8 Å². The zero-order valence-electron chi connectivity index (χ0n) is 16.2. The number of thioether (sulfide) groups is 1. The molecule has 0 spiro atoms. The number of nitrogens with zero attached hydrogens (tertiary/aromatic N) is 2. The number of carbonyl (C=O) groups excluding carboxylic acids is 1. The van der Waals surface area contributed by atoms with Crippen molar-refractivity contribution in [2.45, 2.75) is 12.7 Å². The molecule has 3 aromatic rings. The summed E-state index contributed by atoms with van der Waals surface area (Å²) in [6, 6.07) is 8.38. The Kier molecular flexibility index (Phi) is 6.66. The summed E-state index contributed by atoms with van der Waals surface area (Å²) in [6.45, 7) is 1.92. The summed E-state index contributed by atoms with van der Waals surface area (Å²) in [5.74, 6) is 1.31. The van der Waals surface area contributed by atoms with E-state index in [1.807, 2.05) is 13.0 Å². The normalized spacial score (nSPS) is 10.8. The highest BCUT2D eigenvalue weighted by Gasteiger charge is 2.13. The number of aryl methyl sites for hydroxylation is 1. The van der Waals surface area contributed by atoms with Gasteiger partial charge in [-0.3, -0.25) is 14.0 Å². The van der Waals surface area contributed by atoms with Gasteiger partial charge in [-0.2, -0.15) is 0 Å². The third-order valence-corrected chi connectivity index (χ3v) is 5.35. The van der Waals surface area contributed by atoms with Crippen LogP contribution < -0.4 is 20.3 Å². The van der Waals surface area contributed by atoms with Crippen molar-refractivity contribution in [3.63, 3.8) is 0 Å². The molecule has 2 heterocycles. The molecule has 0 bridgehead atoms. The second kappa shape index (κ2) is 9.19. The van der Waals surface area contributed by atoms with Gasteiger partial charge >= 0.3 is 0 Å². The Hall–Kier alpha value is -2.71. The lowest BCUT2D eigenvalue weighted by molar-refractivity contribution is -0.113. The van der Waals surface area contributed by atoms with Crippen molar-refractivity contribution in [2.75, 3.05) is 25.3 Å². The van der Waals surface area contributed by atoms with Gasteiger partial charge in [-0.25, -0.2) is 4.98 Å². The Balaban J connectivity index is 1.63. The van der Waals surface area contributed by atoms with Gasteiger partial charge in [0.05, 0.1) is 36.4 Å². The summed E-state index contributed by atoms with van der Waals surface area (Å²) in [5, 5.41) is 3.14. The minimum atomic E-state index is -0.220. The minimum Gasteiger partial charge on any atom is -0.495 e. The van der Waals surface area contributed by atoms with Crippen LogP contribution in [0.25, 0.3) is 5.65 Å². The third-order valence-electron chi connectivity index (χ3n) is 4.09. The average molecular weight is 434 g/mol.